The van der Waals surface area contributed by atoms with Crippen LogP contribution in [0, 0.1) is 11.7 Å². The summed E-state index contributed by atoms with van der Waals surface area (Å²) < 4.78 is 12.5. The first-order valence-corrected chi connectivity index (χ1v) is 5.14. The van der Waals surface area contributed by atoms with Gasteiger partial charge in [0.15, 0.2) is 5.82 Å². The van der Waals surface area contributed by atoms with Gasteiger partial charge in [-0.3, -0.25) is 0 Å². The number of nitrogens with zero attached hydrogens (tertiary/aromatic N) is 2. The summed E-state index contributed by atoms with van der Waals surface area (Å²) in [6.07, 6.45) is 4.39. The maximum absolute atomic E-state index is 12.5. The molecule has 1 aromatic heterocycles. The molecule has 0 aliphatic rings. The first-order chi connectivity index (χ1) is 7.22. The number of rotatable bonds is 6. The number of nitrogens with one attached hydrogen (secondary N) is 1. The molecule has 3 N–H and O–H groups in total. The van der Waals surface area contributed by atoms with Crippen molar-refractivity contribution in [3.05, 3.63) is 18.2 Å². The monoisotopic (exact) mass is 212 g/mol. The molecule has 0 radical (unpaired) electrons. The lowest BCUT2D eigenvalue weighted by atomic mass is 10.1. The van der Waals surface area contributed by atoms with E-state index in [2.05, 4.69) is 22.2 Å². The van der Waals surface area contributed by atoms with Gasteiger partial charge in [-0.25, -0.2) is 14.4 Å². The van der Waals surface area contributed by atoms with Crippen molar-refractivity contribution >= 4 is 5.95 Å². The van der Waals surface area contributed by atoms with Crippen molar-refractivity contribution in [2.75, 3.05) is 18.4 Å². The van der Waals surface area contributed by atoms with E-state index in [1.54, 1.807) is 0 Å². The molecule has 1 aromatic rings. The van der Waals surface area contributed by atoms with E-state index in [0.29, 0.717) is 18.4 Å². The molecule has 4 nitrogen and oxygen atoms in total. The molecule has 0 spiro atoms. The zero-order chi connectivity index (χ0) is 11.1. The predicted octanol–water partition coefficient (Wildman–Crippen LogP) is 1.40. The standard InChI is InChI=1S/C10H17FN4/c1-8(5-12)3-2-4-13-10-14-6-9(11)7-15-10/h6-8H,2-5,12H2,1H3,(H,13,14,15). The van der Waals surface area contributed by atoms with Crippen molar-refractivity contribution in [3.63, 3.8) is 0 Å². The molecule has 1 unspecified atom stereocenters. The molecule has 0 aliphatic heterocycles. The van der Waals surface area contributed by atoms with Crippen LogP contribution in [-0.2, 0) is 0 Å². The lowest BCUT2D eigenvalue weighted by Crippen LogP contribution is -2.13. The summed E-state index contributed by atoms with van der Waals surface area (Å²) in [6, 6.07) is 0. The minimum Gasteiger partial charge on any atom is -0.354 e. The highest BCUT2D eigenvalue weighted by Gasteiger charge is 1.99. The van der Waals surface area contributed by atoms with Gasteiger partial charge >= 0.3 is 0 Å². The number of hydrogen-bond acceptors (Lipinski definition) is 4. The Hall–Kier alpha value is -1.23. The zero-order valence-corrected chi connectivity index (χ0v) is 8.91. The minimum absolute atomic E-state index is 0.419. The number of anilines is 1. The molecule has 15 heavy (non-hydrogen) atoms. The van der Waals surface area contributed by atoms with E-state index in [0.717, 1.165) is 31.8 Å². The highest BCUT2D eigenvalue weighted by atomic mass is 19.1. The maximum Gasteiger partial charge on any atom is 0.222 e. The molecule has 0 saturated heterocycles. The van der Waals surface area contributed by atoms with Crippen LogP contribution in [-0.4, -0.2) is 23.1 Å². The number of halogens is 1. The molecule has 1 heterocycles. The molecule has 0 bridgehead atoms. The Morgan fingerprint density at radius 3 is 2.73 bits per heavy atom. The molecule has 1 atom stereocenters. The van der Waals surface area contributed by atoms with Crippen LogP contribution in [0.3, 0.4) is 0 Å². The Kier molecular flexibility index (Phi) is 4.97. The van der Waals surface area contributed by atoms with Crippen LogP contribution in [0.4, 0.5) is 10.3 Å². The molecule has 0 aliphatic carbocycles. The average Bonchev–Trinajstić information content (AvgIpc) is 2.26. The van der Waals surface area contributed by atoms with Gasteiger partial charge in [-0.2, -0.15) is 0 Å². The molecular formula is C10H17FN4. The summed E-state index contributed by atoms with van der Waals surface area (Å²) in [5.74, 6) is 0.593. The van der Waals surface area contributed by atoms with Gasteiger partial charge in [0.2, 0.25) is 5.95 Å². The smallest absolute Gasteiger partial charge is 0.222 e. The van der Waals surface area contributed by atoms with E-state index in [1.165, 1.54) is 0 Å². The fourth-order valence-electron chi connectivity index (χ4n) is 1.17. The van der Waals surface area contributed by atoms with Crippen LogP contribution in [0.2, 0.25) is 0 Å². The number of hydrogen-bond donors (Lipinski definition) is 2. The second-order valence-electron chi connectivity index (χ2n) is 3.63. The second kappa shape index (κ2) is 6.29. The summed E-state index contributed by atoms with van der Waals surface area (Å²) in [4.78, 5) is 7.59. The van der Waals surface area contributed by atoms with Gasteiger partial charge in [-0.1, -0.05) is 6.92 Å². The lowest BCUT2D eigenvalue weighted by molar-refractivity contribution is 0.529. The van der Waals surface area contributed by atoms with Crippen LogP contribution < -0.4 is 11.1 Å². The van der Waals surface area contributed by atoms with E-state index in [4.69, 9.17) is 5.73 Å². The Morgan fingerprint density at radius 2 is 2.13 bits per heavy atom. The third-order valence-corrected chi connectivity index (χ3v) is 2.18. The summed E-state index contributed by atoms with van der Waals surface area (Å²) >= 11 is 0. The average molecular weight is 212 g/mol. The fraction of sp³-hybridized carbons (Fsp3) is 0.600. The second-order valence-corrected chi connectivity index (χ2v) is 3.63. The van der Waals surface area contributed by atoms with Crippen molar-refractivity contribution < 1.29 is 4.39 Å². The third-order valence-electron chi connectivity index (χ3n) is 2.18. The van der Waals surface area contributed by atoms with Gasteiger partial charge in [0.25, 0.3) is 0 Å². The molecular weight excluding hydrogens is 195 g/mol. The Morgan fingerprint density at radius 1 is 1.47 bits per heavy atom. The molecule has 84 valence electrons. The van der Waals surface area contributed by atoms with Crippen LogP contribution in [0.1, 0.15) is 19.8 Å². The van der Waals surface area contributed by atoms with Crippen molar-refractivity contribution in [2.24, 2.45) is 11.7 Å². The van der Waals surface area contributed by atoms with E-state index >= 15 is 0 Å². The maximum atomic E-state index is 12.5. The Balaban J connectivity index is 2.17. The van der Waals surface area contributed by atoms with Crippen LogP contribution >= 0.6 is 0 Å². The van der Waals surface area contributed by atoms with Gasteiger partial charge in [-0.15, -0.1) is 0 Å². The van der Waals surface area contributed by atoms with Gasteiger partial charge in [0.05, 0.1) is 12.4 Å². The first kappa shape index (κ1) is 11.8. The minimum atomic E-state index is -0.419. The molecule has 0 saturated carbocycles. The Bertz CT molecular complexity index is 275. The molecule has 1 rings (SSSR count). The van der Waals surface area contributed by atoms with Gasteiger partial charge in [0.1, 0.15) is 0 Å². The van der Waals surface area contributed by atoms with Gasteiger partial charge < -0.3 is 11.1 Å². The van der Waals surface area contributed by atoms with Gasteiger partial charge in [-0.05, 0) is 25.3 Å². The van der Waals surface area contributed by atoms with Crippen molar-refractivity contribution in [1.29, 1.82) is 0 Å². The Labute approximate surface area is 89.1 Å². The summed E-state index contributed by atoms with van der Waals surface area (Å²) in [5, 5.41) is 3.02. The predicted molar refractivity (Wildman–Crippen MR) is 57.9 cm³/mol. The summed E-state index contributed by atoms with van der Waals surface area (Å²) in [6.45, 7) is 3.62. The topological polar surface area (TPSA) is 63.8 Å². The SMILES string of the molecule is CC(CN)CCCNc1ncc(F)cn1. The van der Waals surface area contributed by atoms with E-state index in [1.807, 2.05) is 0 Å². The number of aromatic nitrogens is 2. The largest absolute Gasteiger partial charge is 0.354 e. The highest BCUT2D eigenvalue weighted by Crippen LogP contribution is 2.04. The molecule has 0 fully saturated rings. The number of nitrogens with two attached hydrogens (primary N) is 1. The van der Waals surface area contributed by atoms with Crippen molar-refractivity contribution in [1.82, 2.24) is 9.97 Å². The lowest BCUT2D eigenvalue weighted by Gasteiger charge is -2.08. The summed E-state index contributed by atoms with van der Waals surface area (Å²) in [7, 11) is 0. The van der Waals surface area contributed by atoms with E-state index < -0.39 is 5.82 Å². The van der Waals surface area contributed by atoms with Crippen LogP contribution in [0.15, 0.2) is 12.4 Å². The van der Waals surface area contributed by atoms with Crippen molar-refractivity contribution in [2.45, 2.75) is 19.8 Å². The fourth-order valence-corrected chi connectivity index (χ4v) is 1.17. The van der Waals surface area contributed by atoms with Gasteiger partial charge in [0, 0.05) is 6.54 Å². The van der Waals surface area contributed by atoms with Crippen LogP contribution in [0.25, 0.3) is 0 Å². The molecule has 0 aromatic carbocycles. The van der Waals surface area contributed by atoms with E-state index in [9.17, 15) is 4.39 Å². The normalized spacial score (nSPS) is 12.5. The van der Waals surface area contributed by atoms with E-state index in [-0.39, 0.29) is 0 Å². The highest BCUT2D eigenvalue weighted by molar-refractivity contribution is 5.21. The third kappa shape index (κ3) is 4.69. The molecule has 5 heteroatoms. The zero-order valence-electron chi connectivity index (χ0n) is 8.91. The first-order valence-electron chi connectivity index (χ1n) is 5.14. The van der Waals surface area contributed by atoms with Crippen molar-refractivity contribution in [3.8, 4) is 0 Å². The van der Waals surface area contributed by atoms with Crippen LogP contribution in [0.5, 0.6) is 0 Å². The molecule has 0 amide bonds. The quantitative estimate of drug-likeness (QED) is 0.700. The summed E-state index contributed by atoms with van der Waals surface area (Å²) in [5.41, 5.74) is 5.50.